The molecule has 2 fully saturated rings. The second-order valence-electron chi connectivity index (χ2n) is 6.75. The van der Waals surface area contributed by atoms with E-state index >= 15 is 0 Å². The zero-order valence-electron chi connectivity index (χ0n) is 13.9. The zero-order valence-corrected chi connectivity index (χ0v) is 14.7. The molecule has 1 aliphatic heterocycles. The molecule has 1 saturated carbocycles. The molecule has 2 N–H and O–H groups in total. The van der Waals surface area contributed by atoms with Crippen molar-refractivity contribution in [2.24, 2.45) is 0 Å². The van der Waals surface area contributed by atoms with Gasteiger partial charge in [0.25, 0.3) is 0 Å². The van der Waals surface area contributed by atoms with E-state index < -0.39 is 11.4 Å². The second kappa shape index (κ2) is 8.49. The summed E-state index contributed by atoms with van der Waals surface area (Å²) < 4.78 is 20.7. The number of rotatable bonds is 6. The lowest BCUT2D eigenvalue weighted by molar-refractivity contribution is 0.0126. The maximum atomic E-state index is 11.4. The highest BCUT2D eigenvalue weighted by atomic mass is 32.2. The van der Waals surface area contributed by atoms with Gasteiger partial charge in [0, 0.05) is 11.4 Å². The number of benzene rings is 1. The average Bonchev–Trinajstić information content (AvgIpc) is 3.00. The van der Waals surface area contributed by atoms with Gasteiger partial charge in [-0.15, -0.1) is 4.72 Å². The molecular weight excluding hydrogens is 308 g/mol. The Morgan fingerprint density at radius 1 is 1.17 bits per heavy atom. The molecule has 5 heteroatoms. The average molecular weight is 337 g/mol. The summed E-state index contributed by atoms with van der Waals surface area (Å²) in [4.78, 5) is 0. The van der Waals surface area contributed by atoms with Crippen molar-refractivity contribution in [3.8, 4) is 0 Å². The lowest BCUT2D eigenvalue weighted by Crippen LogP contribution is -2.46. The van der Waals surface area contributed by atoms with Crippen LogP contribution in [0.2, 0.25) is 0 Å². The van der Waals surface area contributed by atoms with E-state index in [-0.39, 0.29) is 12.1 Å². The molecule has 1 aromatic carbocycles. The zero-order chi connectivity index (χ0) is 16.1. The van der Waals surface area contributed by atoms with Gasteiger partial charge >= 0.3 is 0 Å². The van der Waals surface area contributed by atoms with E-state index in [1.807, 2.05) is 0 Å². The Kier molecular flexibility index (Phi) is 6.36. The molecule has 4 nitrogen and oxygen atoms in total. The Bertz CT molecular complexity index is 463. The monoisotopic (exact) mass is 336 g/mol. The SMILES string of the molecule is C[S+]([O-])NC1CCNC1CO[C@H]1CC[C@@H](c2ccccc2)CC1. The quantitative estimate of drug-likeness (QED) is 0.783. The summed E-state index contributed by atoms with van der Waals surface area (Å²) in [5, 5.41) is 3.46. The first-order valence-corrected chi connectivity index (χ1v) is 10.3. The van der Waals surface area contributed by atoms with E-state index in [1.54, 1.807) is 6.26 Å². The fraction of sp³-hybridized carbons (Fsp3) is 0.667. The van der Waals surface area contributed by atoms with Crippen LogP contribution in [0.4, 0.5) is 0 Å². The molecule has 1 aliphatic carbocycles. The number of hydrogen-bond acceptors (Lipinski definition) is 4. The van der Waals surface area contributed by atoms with Crippen molar-refractivity contribution in [2.45, 2.75) is 56.2 Å². The summed E-state index contributed by atoms with van der Waals surface area (Å²) in [7, 11) is 0. The van der Waals surface area contributed by atoms with Crippen molar-refractivity contribution in [3.05, 3.63) is 35.9 Å². The third-order valence-corrected chi connectivity index (χ3v) is 5.76. The lowest BCUT2D eigenvalue weighted by Gasteiger charge is -2.30. The standard InChI is InChI=1S/C18H28N2O2S/c1-23(21)20-17-11-12-19-18(17)13-22-16-9-7-15(8-10-16)14-5-3-2-4-6-14/h2-6,15-20H,7-13H2,1H3/t15-,16+,17?,18?,23?. The molecule has 0 aromatic heterocycles. The van der Waals surface area contributed by atoms with Crippen molar-refractivity contribution >= 4 is 11.4 Å². The van der Waals surface area contributed by atoms with Gasteiger partial charge in [-0.05, 0) is 50.1 Å². The minimum atomic E-state index is -0.956. The lowest BCUT2D eigenvalue weighted by atomic mass is 9.83. The van der Waals surface area contributed by atoms with Gasteiger partial charge in [-0.2, -0.15) is 0 Å². The van der Waals surface area contributed by atoms with Crippen LogP contribution in [0.25, 0.3) is 0 Å². The van der Waals surface area contributed by atoms with Crippen LogP contribution in [0.5, 0.6) is 0 Å². The van der Waals surface area contributed by atoms with E-state index in [0.29, 0.717) is 12.0 Å². The van der Waals surface area contributed by atoms with Crippen LogP contribution < -0.4 is 10.0 Å². The van der Waals surface area contributed by atoms with Crippen molar-refractivity contribution in [1.29, 1.82) is 0 Å². The van der Waals surface area contributed by atoms with Gasteiger partial charge in [0.2, 0.25) is 0 Å². The largest absolute Gasteiger partial charge is 0.598 e. The third kappa shape index (κ3) is 4.94. The van der Waals surface area contributed by atoms with Gasteiger partial charge in [0.15, 0.2) is 0 Å². The summed E-state index contributed by atoms with van der Waals surface area (Å²) in [5.74, 6) is 0.692. The van der Waals surface area contributed by atoms with Crippen LogP contribution in [-0.4, -0.2) is 42.1 Å². The van der Waals surface area contributed by atoms with Crippen molar-refractivity contribution in [3.63, 3.8) is 0 Å². The number of nitrogens with one attached hydrogen (secondary N) is 2. The first-order valence-electron chi connectivity index (χ1n) is 8.72. The predicted molar refractivity (Wildman–Crippen MR) is 94.8 cm³/mol. The maximum Gasteiger partial charge on any atom is 0.115 e. The topological polar surface area (TPSA) is 56.3 Å². The molecule has 1 heterocycles. The molecule has 1 saturated heterocycles. The fourth-order valence-electron chi connectivity index (χ4n) is 3.82. The smallest absolute Gasteiger partial charge is 0.115 e. The molecule has 3 unspecified atom stereocenters. The highest BCUT2D eigenvalue weighted by molar-refractivity contribution is 7.88. The van der Waals surface area contributed by atoms with Gasteiger partial charge in [-0.25, -0.2) is 0 Å². The Morgan fingerprint density at radius 3 is 2.61 bits per heavy atom. The second-order valence-corrected chi connectivity index (χ2v) is 7.89. The minimum absolute atomic E-state index is 0.265. The van der Waals surface area contributed by atoms with Crippen LogP contribution in [0.15, 0.2) is 30.3 Å². The molecule has 3 atom stereocenters. The molecular formula is C18H28N2O2S. The van der Waals surface area contributed by atoms with Gasteiger partial charge in [0.1, 0.15) is 6.26 Å². The molecule has 2 aliphatic rings. The van der Waals surface area contributed by atoms with E-state index in [4.69, 9.17) is 4.74 Å². The van der Waals surface area contributed by atoms with Crippen LogP contribution >= 0.6 is 0 Å². The predicted octanol–water partition coefficient (Wildman–Crippen LogP) is 2.34. The van der Waals surface area contributed by atoms with Crippen molar-refractivity contribution < 1.29 is 9.29 Å². The minimum Gasteiger partial charge on any atom is -0.598 e. The summed E-state index contributed by atoms with van der Waals surface area (Å²) in [6, 6.07) is 11.4. The summed E-state index contributed by atoms with van der Waals surface area (Å²) >= 11 is -0.956. The van der Waals surface area contributed by atoms with Crippen molar-refractivity contribution in [1.82, 2.24) is 10.0 Å². The van der Waals surface area contributed by atoms with Crippen LogP contribution in [0.3, 0.4) is 0 Å². The molecule has 0 spiro atoms. The highest BCUT2D eigenvalue weighted by Crippen LogP contribution is 2.34. The van der Waals surface area contributed by atoms with Gasteiger partial charge in [0.05, 0.1) is 24.8 Å². The van der Waals surface area contributed by atoms with Crippen LogP contribution in [-0.2, 0) is 16.1 Å². The van der Waals surface area contributed by atoms with Gasteiger partial charge < -0.3 is 14.6 Å². The molecule has 128 valence electrons. The highest BCUT2D eigenvalue weighted by Gasteiger charge is 2.31. The Balaban J connectivity index is 1.41. The summed E-state index contributed by atoms with van der Waals surface area (Å²) in [6.45, 7) is 1.69. The first kappa shape index (κ1) is 17.2. The van der Waals surface area contributed by atoms with E-state index in [0.717, 1.165) is 32.4 Å². The van der Waals surface area contributed by atoms with E-state index in [9.17, 15) is 4.55 Å². The molecule has 0 bridgehead atoms. The first-order chi connectivity index (χ1) is 11.2. The Hall–Kier alpha value is -0.590. The Labute approximate surface area is 142 Å². The molecule has 0 radical (unpaired) electrons. The molecule has 1 aromatic rings. The van der Waals surface area contributed by atoms with Crippen molar-refractivity contribution in [2.75, 3.05) is 19.4 Å². The Morgan fingerprint density at radius 2 is 1.91 bits per heavy atom. The molecule has 0 amide bonds. The maximum absolute atomic E-state index is 11.4. The number of ether oxygens (including phenoxy) is 1. The van der Waals surface area contributed by atoms with Crippen LogP contribution in [0, 0.1) is 0 Å². The van der Waals surface area contributed by atoms with Gasteiger partial charge in [-0.3, -0.25) is 0 Å². The van der Waals surface area contributed by atoms with Crippen LogP contribution in [0.1, 0.15) is 43.6 Å². The molecule has 3 rings (SSSR count). The third-order valence-electron chi connectivity index (χ3n) is 5.12. The summed E-state index contributed by atoms with van der Waals surface area (Å²) in [6.07, 6.45) is 7.81. The van der Waals surface area contributed by atoms with Gasteiger partial charge in [-0.1, -0.05) is 30.3 Å². The molecule has 23 heavy (non-hydrogen) atoms. The van der Waals surface area contributed by atoms with E-state index in [2.05, 4.69) is 40.4 Å². The normalized spacial score (nSPS) is 32.8. The number of hydrogen-bond donors (Lipinski definition) is 2. The fourth-order valence-corrected chi connectivity index (χ4v) is 4.53. The van der Waals surface area contributed by atoms with E-state index in [1.165, 1.54) is 18.4 Å². The summed E-state index contributed by atoms with van der Waals surface area (Å²) in [5.41, 5.74) is 1.47.